The topological polar surface area (TPSA) is 75.0 Å². The summed E-state index contributed by atoms with van der Waals surface area (Å²) in [6.45, 7) is 2.74. The van der Waals surface area contributed by atoms with Crippen LogP contribution in [-0.2, 0) is 0 Å². The van der Waals surface area contributed by atoms with Crippen LogP contribution in [0.5, 0.6) is 0 Å². The van der Waals surface area contributed by atoms with Gasteiger partial charge in [-0.05, 0) is 19.8 Å². The van der Waals surface area contributed by atoms with E-state index in [2.05, 4.69) is 10.2 Å². The van der Waals surface area contributed by atoms with Crippen molar-refractivity contribution in [3.05, 3.63) is 11.8 Å². The first-order valence-electron chi connectivity index (χ1n) is 5.83. The predicted octanol–water partition coefficient (Wildman–Crippen LogP) is 1.40. The van der Waals surface area contributed by atoms with Crippen LogP contribution in [0.1, 0.15) is 43.0 Å². The van der Waals surface area contributed by atoms with Crippen molar-refractivity contribution in [1.29, 1.82) is 0 Å². The predicted molar refractivity (Wildman–Crippen MR) is 62.0 cm³/mol. The Labute approximate surface area is 95.0 Å². The number of H-pyrrole nitrogens is 1. The number of nitrogens with two attached hydrogens (primary N) is 1. The van der Waals surface area contributed by atoms with Gasteiger partial charge < -0.3 is 10.6 Å². The maximum absolute atomic E-state index is 12.2. The van der Waals surface area contributed by atoms with Crippen molar-refractivity contribution in [2.75, 3.05) is 12.3 Å². The van der Waals surface area contributed by atoms with Crippen molar-refractivity contribution < 1.29 is 4.79 Å². The van der Waals surface area contributed by atoms with Gasteiger partial charge in [0.05, 0.1) is 6.20 Å². The normalized spacial score (nSPS) is 16.6. The molecule has 3 N–H and O–H groups in total. The smallest absolute Gasteiger partial charge is 0.259 e. The van der Waals surface area contributed by atoms with Crippen molar-refractivity contribution >= 4 is 11.7 Å². The zero-order chi connectivity index (χ0) is 11.5. The highest BCUT2D eigenvalue weighted by atomic mass is 16.2. The Morgan fingerprint density at radius 3 is 2.81 bits per heavy atom. The first kappa shape index (κ1) is 11.0. The van der Waals surface area contributed by atoms with Crippen molar-refractivity contribution in [1.82, 2.24) is 15.1 Å². The molecule has 1 saturated carbocycles. The molecule has 0 saturated heterocycles. The molecule has 5 nitrogen and oxygen atoms in total. The van der Waals surface area contributed by atoms with Gasteiger partial charge >= 0.3 is 0 Å². The number of carbonyl (C=O) groups is 1. The van der Waals surface area contributed by atoms with Gasteiger partial charge in [0.15, 0.2) is 0 Å². The average Bonchev–Trinajstić information content (AvgIpc) is 2.90. The van der Waals surface area contributed by atoms with Crippen LogP contribution in [0.3, 0.4) is 0 Å². The Hall–Kier alpha value is -1.52. The van der Waals surface area contributed by atoms with Crippen molar-refractivity contribution in [2.24, 2.45) is 0 Å². The van der Waals surface area contributed by atoms with E-state index in [9.17, 15) is 4.79 Å². The minimum Gasteiger partial charge on any atom is -0.383 e. The van der Waals surface area contributed by atoms with E-state index in [0.29, 0.717) is 17.4 Å². The summed E-state index contributed by atoms with van der Waals surface area (Å²) in [6.07, 6.45) is 6.16. The van der Waals surface area contributed by atoms with Crippen molar-refractivity contribution in [3.63, 3.8) is 0 Å². The molecule has 16 heavy (non-hydrogen) atoms. The zero-order valence-electron chi connectivity index (χ0n) is 9.57. The third-order valence-corrected chi connectivity index (χ3v) is 3.27. The molecule has 0 aromatic carbocycles. The SMILES string of the molecule is CCN(C(=O)c1cn[nH]c1N)C1CCCC1. The minimum absolute atomic E-state index is 0.000602. The lowest BCUT2D eigenvalue weighted by Crippen LogP contribution is -2.38. The van der Waals surface area contributed by atoms with E-state index in [1.807, 2.05) is 11.8 Å². The van der Waals surface area contributed by atoms with E-state index in [4.69, 9.17) is 5.73 Å². The van der Waals surface area contributed by atoms with Crippen LogP contribution >= 0.6 is 0 Å². The molecule has 0 atom stereocenters. The molecule has 5 heteroatoms. The van der Waals surface area contributed by atoms with Gasteiger partial charge in [-0.3, -0.25) is 9.89 Å². The molecule has 1 aromatic rings. The highest BCUT2D eigenvalue weighted by molar-refractivity contribution is 5.98. The lowest BCUT2D eigenvalue weighted by molar-refractivity contribution is 0.0695. The Bertz CT molecular complexity index is 368. The summed E-state index contributed by atoms with van der Waals surface area (Å²) in [5.74, 6) is 0.363. The maximum Gasteiger partial charge on any atom is 0.259 e. The second kappa shape index (κ2) is 4.55. The number of nitrogen functional groups attached to an aromatic ring is 1. The number of aromatic amines is 1. The molecule has 0 bridgehead atoms. The number of nitrogens with one attached hydrogen (secondary N) is 1. The van der Waals surface area contributed by atoms with E-state index >= 15 is 0 Å². The summed E-state index contributed by atoms with van der Waals surface area (Å²) < 4.78 is 0. The third-order valence-electron chi connectivity index (χ3n) is 3.27. The first-order chi connectivity index (χ1) is 7.74. The molecular formula is C11H18N4O. The summed E-state index contributed by atoms with van der Waals surface area (Å²) in [6, 6.07) is 0.381. The summed E-state index contributed by atoms with van der Waals surface area (Å²) in [4.78, 5) is 14.1. The monoisotopic (exact) mass is 222 g/mol. The van der Waals surface area contributed by atoms with Crippen LogP contribution in [0.4, 0.5) is 5.82 Å². The number of aromatic nitrogens is 2. The minimum atomic E-state index is 0.000602. The van der Waals surface area contributed by atoms with Crippen molar-refractivity contribution in [2.45, 2.75) is 38.6 Å². The lowest BCUT2D eigenvalue weighted by Gasteiger charge is -2.27. The molecule has 1 aromatic heterocycles. The molecule has 2 rings (SSSR count). The van der Waals surface area contributed by atoms with Crippen LogP contribution in [0, 0.1) is 0 Å². The number of rotatable bonds is 3. The van der Waals surface area contributed by atoms with E-state index in [1.54, 1.807) is 0 Å². The van der Waals surface area contributed by atoms with Crippen LogP contribution < -0.4 is 5.73 Å². The third kappa shape index (κ3) is 1.89. The Morgan fingerprint density at radius 2 is 2.31 bits per heavy atom. The fourth-order valence-electron chi connectivity index (χ4n) is 2.40. The lowest BCUT2D eigenvalue weighted by atomic mass is 10.1. The molecule has 0 aliphatic heterocycles. The Kier molecular flexibility index (Phi) is 3.12. The highest BCUT2D eigenvalue weighted by Gasteiger charge is 2.27. The highest BCUT2D eigenvalue weighted by Crippen LogP contribution is 2.25. The fourth-order valence-corrected chi connectivity index (χ4v) is 2.40. The van der Waals surface area contributed by atoms with Crippen molar-refractivity contribution in [3.8, 4) is 0 Å². The van der Waals surface area contributed by atoms with Gasteiger partial charge in [-0.15, -0.1) is 0 Å². The second-order valence-electron chi connectivity index (χ2n) is 4.23. The number of amides is 1. The molecule has 0 unspecified atom stereocenters. The largest absolute Gasteiger partial charge is 0.383 e. The van der Waals surface area contributed by atoms with Gasteiger partial charge in [-0.2, -0.15) is 5.10 Å². The molecule has 88 valence electrons. The zero-order valence-corrected chi connectivity index (χ0v) is 9.57. The Balaban J connectivity index is 2.15. The summed E-state index contributed by atoms with van der Waals surface area (Å²) in [5.41, 5.74) is 6.16. The molecule has 0 spiro atoms. The first-order valence-corrected chi connectivity index (χ1v) is 5.83. The summed E-state index contributed by atoms with van der Waals surface area (Å²) in [7, 11) is 0. The summed E-state index contributed by atoms with van der Waals surface area (Å²) in [5, 5.41) is 6.39. The van der Waals surface area contributed by atoms with Gasteiger partial charge in [0.1, 0.15) is 11.4 Å². The molecule has 0 radical (unpaired) electrons. The standard InChI is InChI=1S/C11H18N4O/c1-2-15(8-5-3-4-6-8)11(16)9-7-13-14-10(9)12/h7-8H,2-6H2,1H3,(H3,12,13,14). The van der Waals surface area contributed by atoms with E-state index in [0.717, 1.165) is 19.4 Å². The quantitative estimate of drug-likeness (QED) is 0.811. The molecule has 1 aliphatic rings. The molecule has 1 aliphatic carbocycles. The van der Waals surface area contributed by atoms with Gasteiger partial charge in [0, 0.05) is 12.6 Å². The van der Waals surface area contributed by atoms with Crippen LogP contribution in [-0.4, -0.2) is 33.6 Å². The number of nitrogens with zero attached hydrogens (tertiary/aromatic N) is 2. The van der Waals surface area contributed by atoms with Gasteiger partial charge in [-0.25, -0.2) is 0 Å². The van der Waals surface area contributed by atoms with Crippen LogP contribution in [0.25, 0.3) is 0 Å². The molecule has 1 amide bonds. The van der Waals surface area contributed by atoms with E-state index < -0.39 is 0 Å². The van der Waals surface area contributed by atoms with Crippen LogP contribution in [0.2, 0.25) is 0 Å². The Morgan fingerprint density at radius 1 is 1.62 bits per heavy atom. The number of hydrogen-bond donors (Lipinski definition) is 2. The average molecular weight is 222 g/mol. The van der Waals surface area contributed by atoms with Crippen LogP contribution in [0.15, 0.2) is 6.20 Å². The molecule has 1 heterocycles. The van der Waals surface area contributed by atoms with Gasteiger partial charge in [0.25, 0.3) is 5.91 Å². The number of hydrogen-bond acceptors (Lipinski definition) is 3. The fraction of sp³-hybridized carbons (Fsp3) is 0.636. The van der Waals surface area contributed by atoms with Gasteiger partial charge in [0.2, 0.25) is 0 Å². The van der Waals surface area contributed by atoms with E-state index in [1.165, 1.54) is 19.0 Å². The second-order valence-corrected chi connectivity index (χ2v) is 4.23. The molecular weight excluding hydrogens is 204 g/mol. The maximum atomic E-state index is 12.2. The number of carbonyl (C=O) groups excluding carboxylic acids is 1. The summed E-state index contributed by atoms with van der Waals surface area (Å²) >= 11 is 0. The van der Waals surface area contributed by atoms with E-state index in [-0.39, 0.29) is 5.91 Å². The van der Waals surface area contributed by atoms with Gasteiger partial charge in [-0.1, -0.05) is 12.8 Å². The molecule has 1 fully saturated rings. The number of anilines is 1.